The third-order valence-electron chi connectivity index (χ3n) is 3.69. The molecule has 0 unspecified atom stereocenters. The molecule has 0 aliphatic heterocycles. The van der Waals surface area contributed by atoms with Gasteiger partial charge in [0, 0.05) is 10.9 Å². The van der Waals surface area contributed by atoms with E-state index in [-0.39, 0.29) is 5.78 Å². The lowest BCUT2D eigenvalue weighted by Gasteiger charge is -2.08. The van der Waals surface area contributed by atoms with Crippen molar-refractivity contribution in [3.05, 3.63) is 64.0 Å². The number of anilines is 1. The summed E-state index contributed by atoms with van der Waals surface area (Å²) in [5, 5.41) is 0.625. The van der Waals surface area contributed by atoms with E-state index in [4.69, 9.17) is 10.2 Å². The van der Waals surface area contributed by atoms with Gasteiger partial charge in [0.25, 0.3) is 0 Å². The van der Waals surface area contributed by atoms with Gasteiger partial charge in [-0.3, -0.25) is 4.79 Å². The van der Waals surface area contributed by atoms with Crippen molar-refractivity contribution in [2.24, 2.45) is 0 Å². The molecule has 22 heavy (non-hydrogen) atoms. The molecule has 0 saturated carbocycles. The van der Waals surface area contributed by atoms with Crippen molar-refractivity contribution in [1.82, 2.24) is 0 Å². The van der Waals surface area contributed by atoms with Crippen LogP contribution in [0.3, 0.4) is 0 Å². The number of nitrogen functional groups attached to an aromatic ring is 1. The number of carbonyl (C=O) groups is 1. The van der Waals surface area contributed by atoms with Gasteiger partial charge in [0.1, 0.15) is 5.58 Å². The van der Waals surface area contributed by atoms with Crippen molar-refractivity contribution in [2.75, 3.05) is 5.73 Å². The average molecular weight is 293 g/mol. The third kappa shape index (κ3) is 2.29. The lowest BCUT2D eigenvalue weighted by molar-refractivity contribution is 0.101. The summed E-state index contributed by atoms with van der Waals surface area (Å²) in [6, 6.07) is 12.5. The molecule has 0 radical (unpaired) electrons. The quantitative estimate of drug-likeness (QED) is 0.579. The minimum atomic E-state index is -0.505. The Hall–Kier alpha value is -2.88. The number of ketones is 1. The third-order valence-corrected chi connectivity index (χ3v) is 3.69. The zero-order chi connectivity index (χ0) is 15.9. The lowest BCUT2D eigenvalue weighted by atomic mass is 10.0. The summed E-state index contributed by atoms with van der Waals surface area (Å²) in [5.74, 6) is -0.0919. The monoisotopic (exact) mass is 293 g/mol. The Bertz CT molecular complexity index is 937. The minimum absolute atomic E-state index is 0.0919. The van der Waals surface area contributed by atoms with Crippen LogP contribution in [0.2, 0.25) is 0 Å². The van der Waals surface area contributed by atoms with Crippen molar-refractivity contribution in [3.63, 3.8) is 0 Å². The van der Waals surface area contributed by atoms with E-state index in [0.717, 1.165) is 11.1 Å². The van der Waals surface area contributed by atoms with E-state index in [2.05, 4.69) is 0 Å². The first kappa shape index (κ1) is 14.1. The lowest BCUT2D eigenvalue weighted by Crippen LogP contribution is -2.08. The van der Waals surface area contributed by atoms with E-state index in [1.54, 1.807) is 18.2 Å². The molecular formula is C18H15NO3. The second-order valence-electron chi connectivity index (χ2n) is 5.31. The Morgan fingerprint density at radius 3 is 2.41 bits per heavy atom. The number of carbonyl (C=O) groups excluding carboxylic acids is 1. The number of benzene rings is 2. The molecule has 0 amide bonds. The van der Waals surface area contributed by atoms with Crippen LogP contribution >= 0.6 is 0 Å². The molecule has 0 aliphatic rings. The maximum absolute atomic E-state index is 12.3. The van der Waals surface area contributed by atoms with Crippen LogP contribution in [0.1, 0.15) is 22.8 Å². The molecule has 0 aliphatic carbocycles. The maximum Gasteiger partial charge on any atom is 0.346 e. The number of aryl methyl sites for hydroxylation is 1. The first-order valence-corrected chi connectivity index (χ1v) is 6.91. The van der Waals surface area contributed by atoms with Crippen molar-refractivity contribution < 1.29 is 9.21 Å². The standard InChI is InChI=1S/C18H15NO3/c1-10-3-5-12(6-4-10)16-17(19)14-8-7-13(11(2)20)9-15(14)22-18(16)21/h3-9H,19H2,1-2H3. The topological polar surface area (TPSA) is 73.3 Å². The molecular weight excluding hydrogens is 278 g/mol. The smallest absolute Gasteiger partial charge is 0.346 e. The zero-order valence-electron chi connectivity index (χ0n) is 12.3. The maximum atomic E-state index is 12.3. The molecule has 0 spiro atoms. The Kier molecular flexibility index (Phi) is 3.29. The molecule has 4 heteroatoms. The molecule has 2 N–H and O–H groups in total. The predicted molar refractivity (Wildman–Crippen MR) is 87.1 cm³/mol. The Labute approximate surface area is 127 Å². The molecule has 0 fully saturated rings. The molecule has 3 aromatic rings. The molecule has 110 valence electrons. The second kappa shape index (κ2) is 5.15. The van der Waals surface area contributed by atoms with Crippen LogP contribution in [-0.4, -0.2) is 5.78 Å². The van der Waals surface area contributed by atoms with Crippen molar-refractivity contribution in [3.8, 4) is 11.1 Å². The highest BCUT2D eigenvalue weighted by Crippen LogP contribution is 2.30. The summed E-state index contributed by atoms with van der Waals surface area (Å²) in [5.41, 5.74) is 9.00. The highest BCUT2D eigenvalue weighted by molar-refractivity contribution is 6.01. The van der Waals surface area contributed by atoms with Gasteiger partial charge in [-0.2, -0.15) is 0 Å². The fraction of sp³-hybridized carbons (Fsp3) is 0.111. The van der Waals surface area contributed by atoms with Gasteiger partial charge in [-0.25, -0.2) is 4.79 Å². The van der Waals surface area contributed by atoms with Crippen LogP contribution in [-0.2, 0) is 0 Å². The normalized spacial score (nSPS) is 10.8. The zero-order valence-corrected chi connectivity index (χ0v) is 12.3. The van der Waals surface area contributed by atoms with Crippen LogP contribution < -0.4 is 11.4 Å². The molecule has 0 bridgehead atoms. The molecule has 4 nitrogen and oxygen atoms in total. The van der Waals surface area contributed by atoms with E-state index >= 15 is 0 Å². The first-order valence-electron chi connectivity index (χ1n) is 6.91. The summed E-state index contributed by atoms with van der Waals surface area (Å²) < 4.78 is 5.36. The Morgan fingerprint density at radius 2 is 1.77 bits per heavy atom. The fourth-order valence-corrected chi connectivity index (χ4v) is 2.44. The van der Waals surface area contributed by atoms with Crippen LogP contribution in [0.25, 0.3) is 22.1 Å². The van der Waals surface area contributed by atoms with Crippen molar-refractivity contribution in [2.45, 2.75) is 13.8 Å². The van der Waals surface area contributed by atoms with Gasteiger partial charge in [0.05, 0.1) is 11.3 Å². The second-order valence-corrected chi connectivity index (χ2v) is 5.31. The first-order chi connectivity index (χ1) is 10.5. The summed E-state index contributed by atoms with van der Waals surface area (Å²) in [6.45, 7) is 3.43. The van der Waals surface area contributed by atoms with E-state index in [0.29, 0.717) is 27.8 Å². The molecule has 3 rings (SSSR count). The molecule has 2 aromatic carbocycles. The summed E-state index contributed by atoms with van der Waals surface area (Å²) in [4.78, 5) is 23.7. The highest BCUT2D eigenvalue weighted by Gasteiger charge is 2.15. The summed E-state index contributed by atoms with van der Waals surface area (Å²) in [7, 11) is 0. The number of Topliss-reactive ketones (excluding diaryl/α,β-unsaturated/α-hetero) is 1. The Morgan fingerprint density at radius 1 is 1.09 bits per heavy atom. The van der Waals surface area contributed by atoms with E-state index in [9.17, 15) is 9.59 Å². The fourth-order valence-electron chi connectivity index (χ4n) is 2.44. The number of hydrogen-bond donors (Lipinski definition) is 1. The molecule has 1 aromatic heterocycles. The van der Waals surface area contributed by atoms with Crippen molar-refractivity contribution >= 4 is 22.4 Å². The van der Waals surface area contributed by atoms with Crippen LogP contribution in [0.5, 0.6) is 0 Å². The Balaban J connectivity index is 2.29. The van der Waals surface area contributed by atoms with E-state index in [1.165, 1.54) is 6.92 Å². The van der Waals surface area contributed by atoms with Gasteiger partial charge in [-0.1, -0.05) is 35.9 Å². The molecule has 0 saturated heterocycles. The van der Waals surface area contributed by atoms with Gasteiger partial charge in [0.15, 0.2) is 5.78 Å². The van der Waals surface area contributed by atoms with Gasteiger partial charge in [-0.05, 0) is 31.5 Å². The summed E-state index contributed by atoms with van der Waals surface area (Å²) in [6.07, 6.45) is 0. The highest BCUT2D eigenvalue weighted by atomic mass is 16.4. The van der Waals surface area contributed by atoms with Crippen molar-refractivity contribution in [1.29, 1.82) is 0 Å². The number of nitrogens with two attached hydrogens (primary N) is 1. The van der Waals surface area contributed by atoms with Gasteiger partial charge in [-0.15, -0.1) is 0 Å². The minimum Gasteiger partial charge on any atom is -0.422 e. The number of hydrogen-bond acceptors (Lipinski definition) is 4. The van der Waals surface area contributed by atoms with Gasteiger partial charge >= 0.3 is 5.63 Å². The largest absolute Gasteiger partial charge is 0.422 e. The number of fused-ring (bicyclic) bond motifs is 1. The average Bonchev–Trinajstić information content (AvgIpc) is 2.48. The van der Waals surface area contributed by atoms with Crippen LogP contribution in [0.4, 0.5) is 5.69 Å². The van der Waals surface area contributed by atoms with Gasteiger partial charge < -0.3 is 10.2 Å². The summed E-state index contributed by atoms with van der Waals surface area (Å²) >= 11 is 0. The van der Waals surface area contributed by atoms with E-state index < -0.39 is 5.63 Å². The predicted octanol–water partition coefficient (Wildman–Crippen LogP) is 3.55. The van der Waals surface area contributed by atoms with E-state index in [1.807, 2.05) is 31.2 Å². The number of rotatable bonds is 2. The van der Waals surface area contributed by atoms with Crippen LogP contribution in [0, 0.1) is 6.92 Å². The molecule has 1 heterocycles. The molecule has 0 atom stereocenters. The SMILES string of the molecule is CC(=O)c1ccc2c(N)c(-c3ccc(C)cc3)c(=O)oc2c1. The van der Waals surface area contributed by atoms with Crippen LogP contribution in [0.15, 0.2) is 51.7 Å². The van der Waals surface area contributed by atoms with Gasteiger partial charge in [0.2, 0.25) is 0 Å².